The number of ether oxygens (including phenoxy) is 1. The zero-order valence-corrected chi connectivity index (χ0v) is 19.9. The van der Waals surface area contributed by atoms with Crippen molar-refractivity contribution in [3.05, 3.63) is 59.7 Å². The molecule has 2 aliphatic rings. The summed E-state index contributed by atoms with van der Waals surface area (Å²) < 4.78 is 5.63. The molecule has 1 heterocycles. The fraction of sp³-hybridized carbons (Fsp3) is 0.444. The molecule has 180 valence electrons. The van der Waals surface area contributed by atoms with Crippen LogP contribution in [0, 0.1) is 5.41 Å². The monoisotopic (exact) mass is 464 g/mol. The third-order valence-corrected chi connectivity index (χ3v) is 6.57. The normalized spacial score (nSPS) is 18.2. The maximum atomic E-state index is 13.3. The van der Waals surface area contributed by atoms with Crippen LogP contribution in [-0.2, 0) is 14.3 Å². The van der Waals surface area contributed by atoms with Crippen molar-refractivity contribution in [3.63, 3.8) is 0 Å². The highest BCUT2D eigenvalue weighted by atomic mass is 16.5. The molecule has 1 fully saturated rings. The number of alkyl carbamates (subject to hydrolysis) is 1. The Hall–Kier alpha value is -3.35. The van der Waals surface area contributed by atoms with Gasteiger partial charge in [0.15, 0.2) is 0 Å². The van der Waals surface area contributed by atoms with E-state index in [1.54, 1.807) is 0 Å². The van der Waals surface area contributed by atoms with Crippen LogP contribution in [0.25, 0.3) is 11.1 Å². The minimum absolute atomic E-state index is 0.0788. The Bertz CT molecular complexity index is 1040. The molecule has 2 amide bonds. The first-order valence-electron chi connectivity index (χ1n) is 11.8. The van der Waals surface area contributed by atoms with Crippen LogP contribution in [0.4, 0.5) is 4.79 Å². The van der Waals surface area contributed by atoms with Crippen LogP contribution < -0.4 is 5.32 Å². The summed E-state index contributed by atoms with van der Waals surface area (Å²) in [6, 6.07) is 14.5. The van der Waals surface area contributed by atoms with Crippen molar-refractivity contribution in [2.24, 2.45) is 5.41 Å². The average Bonchev–Trinajstić information content (AvgIpc) is 3.39. The molecular weight excluding hydrogens is 432 g/mol. The third kappa shape index (κ3) is 4.93. The van der Waals surface area contributed by atoms with Crippen molar-refractivity contribution >= 4 is 18.0 Å². The molecule has 0 bridgehead atoms. The molecule has 2 unspecified atom stereocenters. The fourth-order valence-corrected chi connectivity index (χ4v) is 5.08. The molecule has 34 heavy (non-hydrogen) atoms. The minimum Gasteiger partial charge on any atom is -0.480 e. The van der Waals surface area contributed by atoms with Gasteiger partial charge in [0.25, 0.3) is 0 Å². The largest absolute Gasteiger partial charge is 0.480 e. The van der Waals surface area contributed by atoms with Gasteiger partial charge in [-0.3, -0.25) is 4.79 Å². The van der Waals surface area contributed by atoms with Crippen LogP contribution in [0.2, 0.25) is 0 Å². The number of nitrogens with one attached hydrogen (secondary N) is 1. The van der Waals surface area contributed by atoms with Crippen LogP contribution in [-0.4, -0.2) is 53.2 Å². The molecule has 1 saturated heterocycles. The lowest BCUT2D eigenvalue weighted by molar-refractivity contribution is -0.149. The van der Waals surface area contributed by atoms with Gasteiger partial charge in [-0.1, -0.05) is 69.3 Å². The molecule has 4 rings (SSSR count). The number of aliphatic carboxylic acids is 1. The van der Waals surface area contributed by atoms with Crippen molar-refractivity contribution in [2.45, 2.75) is 58.0 Å². The van der Waals surface area contributed by atoms with Crippen molar-refractivity contribution in [1.29, 1.82) is 0 Å². The zero-order chi connectivity index (χ0) is 24.5. The van der Waals surface area contributed by atoms with E-state index < -0.39 is 24.1 Å². The summed E-state index contributed by atoms with van der Waals surface area (Å²) in [7, 11) is 0. The van der Waals surface area contributed by atoms with E-state index in [1.807, 2.05) is 57.2 Å². The van der Waals surface area contributed by atoms with E-state index in [9.17, 15) is 19.5 Å². The number of carbonyl (C=O) groups excluding carboxylic acids is 2. The Labute approximate surface area is 200 Å². The van der Waals surface area contributed by atoms with Gasteiger partial charge < -0.3 is 20.1 Å². The first-order valence-corrected chi connectivity index (χ1v) is 11.8. The van der Waals surface area contributed by atoms with Gasteiger partial charge in [-0.25, -0.2) is 9.59 Å². The molecule has 2 atom stereocenters. The van der Waals surface area contributed by atoms with E-state index in [1.165, 1.54) is 4.90 Å². The van der Waals surface area contributed by atoms with E-state index in [-0.39, 0.29) is 23.8 Å². The van der Waals surface area contributed by atoms with Crippen LogP contribution in [0.15, 0.2) is 48.5 Å². The van der Waals surface area contributed by atoms with Crippen LogP contribution >= 0.6 is 0 Å². The minimum atomic E-state index is -1.01. The van der Waals surface area contributed by atoms with Gasteiger partial charge in [0.05, 0.1) is 0 Å². The number of carboxylic acids is 1. The molecule has 0 spiro atoms. The van der Waals surface area contributed by atoms with E-state index in [2.05, 4.69) is 17.4 Å². The van der Waals surface area contributed by atoms with Crippen molar-refractivity contribution in [1.82, 2.24) is 10.2 Å². The van der Waals surface area contributed by atoms with Crippen LogP contribution in [0.3, 0.4) is 0 Å². The topological polar surface area (TPSA) is 95.9 Å². The van der Waals surface area contributed by atoms with E-state index in [0.717, 1.165) is 22.3 Å². The highest BCUT2D eigenvalue weighted by Gasteiger charge is 2.39. The first-order chi connectivity index (χ1) is 16.2. The van der Waals surface area contributed by atoms with Gasteiger partial charge in [0.2, 0.25) is 5.91 Å². The Morgan fingerprint density at radius 3 is 2.21 bits per heavy atom. The molecule has 0 saturated carbocycles. The highest BCUT2D eigenvalue weighted by Crippen LogP contribution is 2.44. The second-order valence-corrected chi connectivity index (χ2v) is 10.3. The molecule has 1 aliphatic heterocycles. The van der Waals surface area contributed by atoms with Gasteiger partial charge in [-0.15, -0.1) is 0 Å². The first kappa shape index (κ1) is 23.8. The van der Waals surface area contributed by atoms with Crippen molar-refractivity contribution < 1.29 is 24.2 Å². The summed E-state index contributed by atoms with van der Waals surface area (Å²) in [5.74, 6) is -1.46. The molecule has 2 N–H and O–H groups in total. The van der Waals surface area contributed by atoms with Gasteiger partial charge in [0, 0.05) is 12.5 Å². The Kier molecular flexibility index (Phi) is 6.64. The summed E-state index contributed by atoms with van der Waals surface area (Å²) in [6.07, 6.45) is 0.763. The molecule has 0 radical (unpaired) electrons. The number of likely N-dealkylation sites (tertiary alicyclic amines) is 1. The number of benzene rings is 2. The second kappa shape index (κ2) is 9.49. The summed E-state index contributed by atoms with van der Waals surface area (Å²) >= 11 is 0. The van der Waals surface area contributed by atoms with Gasteiger partial charge in [0.1, 0.15) is 18.7 Å². The highest BCUT2D eigenvalue weighted by molar-refractivity contribution is 5.90. The summed E-state index contributed by atoms with van der Waals surface area (Å²) in [5.41, 5.74) is 4.25. The number of carboxylic acid groups (broad SMARTS) is 1. The van der Waals surface area contributed by atoms with Crippen LogP contribution in [0.5, 0.6) is 0 Å². The van der Waals surface area contributed by atoms with Gasteiger partial charge in [-0.2, -0.15) is 0 Å². The number of carbonyl (C=O) groups is 3. The number of rotatable bonds is 6. The molecule has 7 heteroatoms. The van der Waals surface area contributed by atoms with Gasteiger partial charge in [-0.05, 0) is 46.9 Å². The summed E-state index contributed by atoms with van der Waals surface area (Å²) in [4.78, 5) is 39.1. The number of hydrogen-bond donors (Lipinski definition) is 2. The second-order valence-electron chi connectivity index (χ2n) is 10.3. The summed E-state index contributed by atoms with van der Waals surface area (Å²) in [6.45, 7) is 6.46. The molecule has 0 aromatic heterocycles. The lowest BCUT2D eigenvalue weighted by atomic mass is 9.87. The average molecular weight is 465 g/mol. The Morgan fingerprint density at radius 1 is 1.06 bits per heavy atom. The third-order valence-electron chi connectivity index (χ3n) is 6.57. The SMILES string of the molecule is CC(C)(C)CC(NC(=O)OCC1c2ccccc2-c2ccccc21)C(=O)N1CCCC1C(=O)O. The molecule has 2 aromatic carbocycles. The lowest BCUT2D eigenvalue weighted by Gasteiger charge is -2.31. The van der Waals surface area contributed by atoms with E-state index in [4.69, 9.17) is 4.74 Å². The predicted molar refractivity (Wildman–Crippen MR) is 128 cm³/mol. The van der Waals surface area contributed by atoms with E-state index in [0.29, 0.717) is 25.8 Å². The summed E-state index contributed by atoms with van der Waals surface area (Å²) in [5, 5.41) is 12.2. The Balaban J connectivity index is 1.46. The predicted octanol–water partition coefficient (Wildman–Crippen LogP) is 4.41. The molecule has 7 nitrogen and oxygen atoms in total. The molecule has 1 aliphatic carbocycles. The van der Waals surface area contributed by atoms with Crippen molar-refractivity contribution in [3.8, 4) is 11.1 Å². The number of fused-ring (bicyclic) bond motifs is 3. The molecule has 2 aromatic rings. The maximum absolute atomic E-state index is 13.3. The van der Waals surface area contributed by atoms with Crippen LogP contribution in [0.1, 0.15) is 57.1 Å². The Morgan fingerprint density at radius 2 is 1.65 bits per heavy atom. The standard InChI is InChI=1S/C27H32N2O5/c1-27(2,3)15-22(24(30)29-14-8-13-23(29)25(31)32)28-26(33)34-16-21-19-11-6-4-9-17(19)18-10-5-7-12-20(18)21/h4-7,9-12,21-23H,8,13-16H2,1-3H3,(H,28,33)(H,31,32). The van der Waals surface area contributed by atoms with Crippen molar-refractivity contribution in [2.75, 3.05) is 13.2 Å². The van der Waals surface area contributed by atoms with E-state index >= 15 is 0 Å². The zero-order valence-electron chi connectivity index (χ0n) is 19.9. The number of hydrogen-bond acceptors (Lipinski definition) is 4. The lowest BCUT2D eigenvalue weighted by Crippen LogP contribution is -2.53. The quantitative estimate of drug-likeness (QED) is 0.660. The smallest absolute Gasteiger partial charge is 0.407 e. The molecular formula is C27H32N2O5. The number of amides is 2. The maximum Gasteiger partial charge on any atom is 0.407 e. The number of nitrogens with zero attached hydrogens (tertiary/aromatic N) is 1. The van der Waals surface area contributed by atoms with Gasteiger partial charge >= 0.3 is 12.1 Å². The fourth-order valence-electron chi connectivity index (χ4n) is 5.08.